The van der Waals surface area contributed by atoms with Gasteiger partial charge in [-0.1, -0.05) is 18.2 Å². The average Bonchev–Trinajstić information content (AvgIpc) is 3.12. The van der Waals surface area contributed by atoms with E-state index in [1.165, 1.54) is 6.07 Å². The van der Waals surface area contributed by atoms with Crippen LogP contribution in [0.15, 0.2) is 67.1 Å². The van der Waals surface area contributed by atoms with Crippen LogP contribution in [0.5, 0.6) is 5.75 Å². The maximum atomic E-state index is 13.0. The third kappa shape index (κ3) is 3.24. The Morgan fingerprint density at radius 3 is 2.64 bits per heavy atom. The number of aromatic nitrogens is 3. The zero-order valence-corrected chi connectivity index (χ0v) is 14.7. The van der Waals surface area contributed by atoms with Gasteiger partial charge < -0.3 is 10.1 Å². The lowest BCUT2D eigenvalue weighted by Gasteiger charge is -2.11. The van der Waals surface area contributed by atoms with Gasteiger partial charge in [-0.3, -0.25) is 4.40 Å². The third-order valence-corrected chi connectivity index (χ3v) is 4.26. The van der Waals surface area contributed by atoms with Crippen molar-refractivity contribution < 1.29 is 17.9 Å². The molecule has 2 heterocycles. The van der Waals surface area contributed by atoms with E-state index >= 15 is 0 Å². The molecule has 0 amide bonds. The van der Waals surface area contributed by atoms with Gasteiger partial charge in [0.15, 0.2) is 11.5 Å². The first-order valence-electron chi connectivity index (χ1n) is 8.37. The maximum Gasteiger partial charge on any atom is 0.416 e. The van der Waals surface area contributed by atoms with E-state index in [0.717, 1.165) is 23.4 Å². The Kier molecular flexibility index (Phi) is 4.38. The second-order valence-electron chi connectivity index (χ2n) is 6.02. The number of nitrogens with zero attached hydrogens (tertiary/aromatic N) is 3. The zero-order valence-electron chi connectivity index (χ0n) is 14.7. The Balaban J connectivity index is 1.76. The summed E-state index contributed by atoms with van der Waals surface area (Å²) in [6.45, 7) is 0. The summed E-state index contributed by atoms with van der Waals surface area (Å²) in [6, 6.07) is 12.5. The minimum absolute atomic E-state index is 0.275. The number of anilines is 2. The fraction of sp³-hybridized carbons (Fsp3) is 0.100. The molecule has 0 unspecified atom stereocenters. The van der Waals surface area contributed by atoms with Gasteiger partial charge in [0, 0.05) is 23.6 Å². The van der Waals surface area contributed by atoms with Gasteiger partial charge in [0.25, 0.3) is 0 Å². The molecule has 8 heteroatoms. The number of methoxy groups -OCH3 is 1. The van der Waals surface area contributed by atoms with Crippen LogP contribution < -0.4 is 10.1 Å². The molecule has 0 atom stereocenters. The molecule has 5 nitrogen and oxygen atoms in total. The van der Waals surface area contributed by atoms with Crippen molar-refractivity contribution in [2.75, 3.05) is 12.4 Å². The summed E-state index contributed by atoms with van der Waals surface area (Å²) in [5.74, 6) is 1.04. The van der Waals surface area contributed by atoms with Crippen LogP contribution >= 0.6 is 0 Å². The number of ether oxygens (including phenoxy) is 1. The van der Waals surface area contributed by atoms with Crippen molar-refractivity contribution in [3.63, 3.8) is 0 Å². The Labute approximate surface area is 158 Å². The van der Waals surface area contributed by atoms with E-state index in [0.29, 0.717) is 17.2 Å². The topological polar surface area (TPSA) is 51.5 Å². The predicted molar refractivity (Wildman–Crippen MR) is 99.7 cm³/mol. The minimum atomic E-state index is -4.42. The van der Waals surface area contributed by atoms with Gasteiger partial charge >= 0.3 is 6.18 Å². The SMILES string of the molecule is COc1ccccc1-c1cnc2c(Nc3cccc(C(F)(F)F)c3)nccn12. The Morgan fingerprint density at radius 1 is 1.04 bits per heavy atom. The van der Waals surface area contributed by atoms with Crippen LogP contribution in [0.3, 0.4) is 0 Å². The van der Waals surface area contributed by atoms with Crippen LogP contribution in [0.25, 0.3) is 16.9 Å². The van der Waals surface area contributed by atoms with Gasteiger partial charge in [0.1, 0.15) is 5.75 Å². The quantitative estimate of drug-likeness (QED) is 0.528. The van der Waals surface area contributed by atoms with Gasteiger partial charge in [-0.2, -0.15) is 13.2 Å². The van der Waals surface area contributed by atoms with Crippen LogP contribution in [-0.4, -0.2) is 21.5 Å². The van der Waals surface area contributed by atoms with Crippen molar-refractivity contribution in [3.05, 3.63) is 72.7 Å². The monoisotopic (exact) mass is 384 g/mol. The highest BCUT2D eigenvalue weighted by Crippen LogP contribution is 2.33. The number of alkyl halides is 3. The van der Waals surface area contributed by atoms with Crippen LogP contribution in [0.4, 0.5) is 24.7 Å². The maximum absolute atomic E-state index is 13.0. The number of rotatable bonds is 4. The second kappa shape index (κ2) is 6.88. The van der Waals surface area contributed by atoms with E-state index in [9.17, 15) is 13.2 Å². The van der Waals surface area contributed by atoms with Crippen molar-refractivity contribution in [3.8, 4) is 17.0 Å². The molecule has 28 heavy (non-hydrogen) atoms. The molecule has 4 rings (SSSR count). The molecule has 2 aromatic carbocycles. The van der Waals surface area contributed by atoms with E-state index < -0.39 is 11.7 Å². The number of hydrogen-bond donors (Lipinski definition) is 1. The van der Waals surface area contributed by atoms with E-state index in [2.05, 4.69) is 15.3 Å². The van der Waals surface area contributed by atoms with Crippen LogP contribution in [0, 0.1) is 0 Å². The van der Waals surface area contributed by atoms with E-state index in [1.807, 2.05) is 24.3 Å². The van der Waals surface area contributed by atoms with Gasteiger partial charge in [0.05, 0.1) is 24.6 Å². The average molecular weight is 384 g/mol. The highest BCUT2D eigenvalue weighted by atomic mass is 19.4. The lowest BCUT2D eigenvalue weighted by atomic mass is 10.1. The summed E-state index contributed by atoms with van der Waals surface area (Å²) >= 11 is 0. The lowest BCUT2D eigenvalue weighted by molar-refractivity contribution is -0.137. The van der Waals surface area contributed by atoms with Crippen molar-refractivity contribution >= 4 is 17.2 Å². The first kappa shape index (κ1) is 17.8. The Morgan fingerprint density at radius 2 is 1.86 bits per heavy atom. The van der Waals surface area contributed by atoms with E-state index in [1.54, 1.807) is 36.2 Å². The molecule has 0 fully saturated rings. The first-order valence-corrected chi connectivity index (χ1v) is 8.37. The third-order valence-electron chi connectivity index (χ3n) is 4.26. The summed E-state index contributed by atoms with van der Waals surface area (Å²) in [5.41, 5.74) is 1.65. The summed E-state index contributed by atoms with van der Waals surface area (Å²) in [5, 5.41) is 2.93. The summed E-state index contributed by atoms with van der Waals surface area (Å²) in [7, 11) is 1.59. The van der Waals surface area contributed by atoms with Gasteiger partial charge in [-0.05, 0) is 30.3 Å². The highest BCUT2D eigenvalue weighted by molar-refractivity contribution is 5.76. The molecule has 0 radical (unpaired) electrons. The molecule has 0 aliphatic heterocycles. The molecule has 4 aromatic rings. The number of imidazole rings is 1. The molecule has 0 aliphatic carbocycles. The first-order chi connectivity index (χ1) is 13.5. The van der Waals surface area contributed by atoms with Crippen molar-refractivity contribution in [1.82, 2.24) is 14.4 Å². The van der Waals surface area contributed by atoms with Gasteiger partial charge in [-0.15, -0.1) is 0 Å². The normalized spacial score (nSPS) is 11.6. The number of nitrogens with one attached hydrogen (secondary N) is 1. The van der Waals surface area contributed by atoms with Crippen molar-refractivity contribution in [1.29, 1.82) is 0 Å². The molecule has 0 bridgehead atoms. The number of fused-ring (bicyclic) bond motifs is 1. The van der Waals surface area contributed by atoms with Crippen LogP contribution in [0.2, 0.25) is 0 Å². The van der Waals surface area contributed by atoms with E-state index in [-0.39, 0.29) is 5.69 Å². The van der Waals surface area contributed by atoms with Gasteiger partial charge in [-0.25, -0.2) is 9.97 Å². The fourth-order valence-corrected chi connectivity index (χ4v) is 2.97. The second-order valence-corrected chi connectivity index (χ2v) is 6.02. The molecular weight excluding hydrogens is 369 g/mol. The molecule has 1 N–H and O–H groups in total. The lowest BCUT2D eigenvalue weighted by Crippen LogP contribution is -2.05. The molecule has 0 saturated carbocycles. The van der Waals surface area contributed by atoms with Gasteiger partial charge in [0.2, 0.25) is 0 Å². The smallest absolute Gasteiger partial charge is 0.416 e. The molecule has 0 spiro atoms. The predicted octanol–water partition coefficient (Wildman–Crippen LogP) is 5.17. The zero-order chi connectivity index (χ0) is 19.7. The van der Waals surface area contributed by atoms with E-state index in [4.69, 9.17) is 4.74 Å². The standard InChI is InChI=1S/C20H15F3N4O/c1-28-17-8-3-2-7-15(17)16-12-25-19-18(24-9-10-27(16)19)26-14-6-4-5-13(11-14)20(21,22)23/h2-12H,1H3,(H,24,26). The van der Waals surface area contributed by atoms with Crippen molar-refractivity contribution in [2.45, 2.75) is 6.18 Å². The molecule has 0 saturated heterocycles. The number of para-hydroxylation sites is 1. The largest absolute Gasteiger partial charge is 0.496 e. The number of halogens is 3. The minimum Gasteiger partial charge on any atom is -0.496 e. The Hall–Kier alpha value is -3.55. The van der Waals surface area contributed by atoms with Crippen molar-refractivity contribution in [2.24, 2.45) is 0 Å². The summed E-state index contributed by atoms with van der Waals surface area (Å²) < 4.78 is 46.1. The highest BCUT2D eigenvalue weighted by Gasteiger charge is 2.30. The molecule has 142 valence electrons. The summed E-state index contributed by atoms with van der Waals surface area (Å²) in [4.78, 5) is 8.63. The Bertz CT molecular complexity index is 1140. The summed E-state index contributed by atoms with van der Waals surface area (Å²) in [6.07, 6.45) is 0.554. The number of hydrogen-bond acceptors (Lipinski definition) is 4. The molecular formula is C20H15F3N4O. The van der Waals surface area contributed by atoms with Crippen LogP contribution in [-0.2, 0) is 6.18 Å². The number of benzene rings is 2. The molecule has 0 aliphatic rings. The fourth-order valence-electron chi connectivity index (χ4n) is 2.97. The molecule has 2 aromatic heterocycles. The van der Waals surface area contributed by atoms with Crippen LogP contribution in [0.1, 0.15) is 5.56 Å².